The van der Waals surface area contributed by atoms with Crippen LogP contribution in [0.3, 0.4) is 0 Å². The lowest BCUT2D eigenvalue weighted by Crippen LogP contribution is -2.41. The minimum Gasteiger partial charge on any atom is -0.481 e. The van der Waals surface area contributed by atoms with Gasteiger partial charge in [-0.3, -0.25) is 4.79 Å². The number of rotatable bonds is 13. The SMILES string of the molecule is CC(=CCCC(=O)O)c1cccc(N(C)Cc2ccc(CO[Si](C)(C)C(C)(C)C)c(CO[Si](C)(C)C(C)(C)C)c2)c1. The van der Waals surface area contributed by atoms with Crippen molar-refractivity contribution < 1.29 is 18.8 Å². The largest absolute Gasteiger partial charge is 0.481 e. The Morgan fingerprint density at radius 2 is 1.44 bits per heavy atom. The number of carboxylic acids is 1. The molecule has 0 amide bonds. The average molecular weight is 598 g/mol. The van der Waals surface area contributed by atoms with Gasteiger partial charge < -0.3 is 18.9 Å². The molecule has 1 N–H and O–H groups in total. The Hall–Kier alpha value is -2.20. The summed E-state index contributed by atoms with van der Waals surface area (Å²) in [4.78, 5) is 13.1. The molecule has 0 saturated heterocycles. The summed E-state index contributed by atoms with van der Waals surface area (Å²) in [5, 5.41) is 9.26. The van der Waals surface area contributed by atoms with E-state index in [-0.39, 0.29) is 16.5 Å². The van der Waals surface area contributed by atoms with Gasteiger partial charge in [-0.2, -0.15) is 0 Å². The first kappa shape index (κ1) is 35.0. The second-order valence-electron chi connectivity index (χ2n) is 14.4. The molecule has 2 aromatic rings. The maximum absolute atomic E-state index is 10.9. The number of nitrogens with zero attached hydrogens (tertiary/aromatic N) is 1. The average Bonchev–Trinajstić information content (AvgIpc) is 2.85. The number of anilines is 1. The smallest absolute Gasteiger partial charge is 0.303 e. The molecule has 0 unspecified atom stereocenters. The number of aliphatic carboxylic acids is 1. The second-order valence-corrected chi connectivity index (χ2v) is 24.0. The van der Waals surface area contributed by atoms with Crippen LogP contribution in [0.2, 0.25) is 36.3 Å². The summed E-state index contributed by atoms with van der Waals surface area (Å²) >= 11 is 0. The summed E-state index contributed by atoms with van der Waals surface area (Å²) < 4.78 is 13.3. The topological polar surface area (TPSA) is 59.0 Å². The van der Waals surface area contributed by atoms with Crippen LogP contribution in [0.1, 0.15) is 83.6 Å². The highest BCUT2D eigenvalue weighted by molar-refractivity contribution is 6.74. The third-order valence-electron chi connectivity index (χ3n) is 9.03. The lowest BCUT2D eigenvalue weighted by atomic mass is 10.0. The molecular weight excluding hydrogens is 543 g/mol. The fraction of sp³-hybridized carbons (Fsp3) is 0.559. The van der Waals surface area contributed by atoms with Gasteiger partial charge in [-0.25, -0.2) is 0 Å². The molecule has 2 rings (SSSR count). The van der Waals surface area contributed by atoms with Gasteiger partial charge in [0.2, 0.25) is 0 Å². The molecule has 0 spiro atoms. The Bertz CT molecular complexity index is 1210. The molecule has 0 aliphatic heterocycles. The summed E-state index contributed by atoms with van der Waals surface area (Å²) in [6.45, 7) is 26.9. The second kappa shape index (κ2) is 13.9. The summed E-state index contributed by atoms with van der Waals surface area (Å²) in [6.07, 6.45) is 2.69. The van der Waals surface area contributed by atoms with Gasteiger partial charge in [-0.05, 0) is 89.6 Å². The zero-order chi connectivity index (χ0) is 31.2. The van der Waals surface area contributed by atoms with Crippen molar-refractivity contribution in [3.05, 3.63) is 70.8 Å². The number of carbonyl (C=O) groups is 1. The molecule has 0 saturated carbocycles. The van der Waals surface area contributed by atoms with Crippen LogP contribution < -0.4 is 4.90 Å². The van der Waals surface area contributed by atoms with E-state index in [1.165, 1.54) is 16.7 Å². The van der Waals surface area contributed by atoms with E-state index in [1.807, 2.05) is 13.0 Å². The van der Waals surface area contributed by atoms with E-state index >= 15 is 0 Å². The van der Waals surface area contributed by atoms with Gasteiger partial charge >= 0.3 is 5.97 Å². The van der Waals surface area contributed by atoms with Crippen LogP contribution >= 0.6 is 0 Å². The quantitative estimate of drug-likeness (QED) is 0.233. The molecule has 0 heterocycles. The van der Waals surface area contributed by atoms with Gasteiger partial charge in [0.15, 0.2) is 16.6 Å². The number of benzene rings is 2. The summed E-state index contributed by atoms with van der Waals surface area (Å²) in [7, 11) is -1.69. The van der Waals surface area contributed by atoms with Crippen molar-refractivity contribution in [3.63, 3.8) is 0 Å². The number of hydrogen-bond donors (Lipinski definition) is 1. The van der Waals surface area contributed by atoms with Gasteiger partial charge in [-0.1, -0.05) is 78.0 Å². The first-order chi connectivity index (χ1) is 18.7. The lowest BCUT2D eigenvalue weighted by Gasteiger charge is -2.37. The molecule has 228 valence electrons. The van der Waals surface area contributed by atoms with Crippen LogP contribution in [0.25, 0.3) is 5.57 Å². The van der Waals surface area contributed by atoms with Crippen molar-refractivity contribution in [2.45, 2.75) is 117 Å². The third-order valence-corrected chi connectivity index (χ3v) is 18.0. The molecule has 0 fully saturated rings. The van der Waals surface area contributed by atoms with Crippen molar-refractivity contribution in [1.29, 1.82) is 0 Å². The molecular formula is C34H55NO4Si2. The molecule has 0 aliphatic carbocycles. The Morgan fingerprint density at radius 1 is 0.878 bits per heavy atom. The van der Waals surface area contributed by atoms with Crippen molar-refractivity contribution in [3.8, 4) is 0 Å². The molecule has 2 aromatic carbocycles. The first-order valence-corrected chi connectivity index (χ1v) is 20.6. The summed E-state index contributed by atoms with van der Waals surface area (Å²) in [5.74, 6) is -0.769. The molecule has 0 radical (unpaired) electrons. The maximum Gasteiger partial charge on any atom is 0.303 e. The zero-order valence-corrected chi connectivity index (χ0v) is 29.8. The highest BCUT2D eigenvalue weighted by Crippen LogP contribution is 2.39. The predicted octanol–water partition coefficient (Wildman–Crippen LogP) is 9.63. The van der Waals surface area contributed by atoms with Gasteiger partial charge in [0, 0.05) is 25.7 Å². The van der Waals surface area contributed by atoms with Gasteiger partial charge in [0.1, 0.15) is 0 Å². The van der Waals surface area contributed by atoms with Crippen LogP contribution in [-0.2, 0) is 33.4 Å². The van der Waals surface area contributed by atoms with Crippen molar-refractivity contribution >= 4 is 33.9 Å². The highest BCUT2D eigenvalue weighted by Gasteiger charge is 2.38. The van der Waals surface area contributed by atoms with E-state index in [0.29, 0.717) is 19.6 Å². The Morgan fingerprint density at radius 3 is 1.98 bits per heavy atom. The monoisotopic (exact) mass is 597 g/mol. The van der Waals surface area contributed by atoms with E-state index < -0.39 is 22.6 Å². The third kappa shape index (κ3) is 10.2. The van der Waals surface area contributed by atoms with Crippen molar-refractivity contribution in [2.24, 2.45) is 0 Å². The number of allylic oxidation sites excluding steroid dienone is 2. The molecule has 0 bridgehead atoms. The Balaban J connectivity index is 2.30. The van der Waals surface area contributed by atoms with Crippen LogP contribution in [0.15, 0.2) is 48.5 Å². The van der Waals surface area contributed by atoms with Gasteiger partial charge in [0.25, 0.3) is 0 Å². The molecule has 0 aliphatic rings. The lowest BCUT2D eigenvalue weighted by molar-refractivity contribution is -0.136. The van der Waals surface area contributed by atoms with Crippen molar-refractivity contribution in [2.75, 3.05) is 11.9 Å². The first-order valence-electron chi connectivity index (χ1n) is 14.8. The van der Waals surface area contributed by atoms with E-state index in [4.69, 9.17) is 14.0 Å². The van der Waals surface area contributed by atoms with E-state index in [0.717, 1.165) is 23.4 Å². The number of hydrogen-bond acceptors (Lipinski definition) is 4. The molecule has 7 heteroatoms. The van der Waals surface area contributed by atoms with E-state index in [9.17, 15) is 4.79 Å². The standard InChI is InChI=1S/C34H55NO4Si2/c1-26(15-13-18-32(36)37)28-16-14-17-31(22-28)35(8)23-27-19-20-29(24-38-40(9,10)33(2,3)4)30(21-27)25-39-41(11,12)34(5,6)7/h14-17,19-22H,13,18,23-25H2,1-12H3,(H,36,37). The Labute approximate surface area is 252 Å². The van der Waals surface area contributed by atoms with Crippen molar-refractivity contribution in [1.82, 2.24) is 0 Å². The van der Waals surface area contributed by atoms with Crippen LogP contribution in [0, 0.1) is 0 Å². The van der Waals surface area contributed by atoms with E-state index in [2.05, 4.69) is 122 Å². The molecule has 5 nitrogen and oxygen atoms in total. The minimum atomic E-state index is -1.92. The maximum atomic E-state index is 10.9. The normalized spacial score (nSPS) is 13.4. The predicted molar refractivity (Wildman–Crippen MR) is 179 cm³/mol. The molecule has 0 aromatic heterocycles. The minimum absolute atomic E-state index is 0.147. The number of carboxylic acid groups (broad SMARTS) is 1. The van der Waals surface area contributed by atoms with Gasteiger partial charge in [0.05, 0.1) is 13.2 Å². The fourth-order valence-electron chi connectivity index (χ4n) is 3.89. The highest BCUT2D eigenvalue weighted by atomic mass is 28.4. The van der Waals surface area contributed by atoms with Crippen LogP contribution in [0.4, 0.5) is 5.69 Å². The van der Waals surface area contributed by atoms with E-state index in [1.54, 1.807) is 0 Å². The fourth-order valence-corrected chi connectivity index (χ4v) is 5.78. The van der Waals surface area contributed by atoms with Crippen LogP contribution in [0.5, 0.6) is 0 Å². The summed E-state index contributed by atoms with van der Waals surface area (Å²) in [5.41, 5.74) is 6.99. The zero-order valence-electron chi connectivity index (χ0n) is 27.8. The Kier molecular flexibility index (Phi) is 11.8. The van der Waals surface area contributed by atoms with Crippen LogP contribution in [-0.4, -0.2) is 34.8 Å². The summed E-state index contributed by atoms with van der Waals surface area (Å²) in [6, 6.07) is 15.2. The molecule has 0 atom stereocenters. The molecule has 41 heavy (non-hydrogen) atoms. The van der Waals surface area contributed by atoms with Gasteiger partial charge in [-0.15, -0.1) is 0 Å².